The van der Waals surface area contributed by atoms with Crippen LogP contribution < -0.4 is 10.0 Å². The second-order valence-electron chi connectivity index (χ2n) is 6.83. The fourth-order valence-electron chi connectivity index (χ4n) is 2.89. The molecule has 25 heavy (non-hydrogen) atoms. The number of sulfonamides is 1. The van der Waals surface area contributed by atoms with E-state index in [1.54, 1.807) is 37.7 Å². The third-order valence-corrected chi connectivity index (χ3v) is 7.29. The molecule has 5 nitrogen and oxygen atoms in total. The monoisotopic (exact) mass is 384 g/mol. The number of rotatable bonds is 7. The highest BCUT2D eigenvalue weighted by atomic mass is 32.2. The van der Waals surface area contributed by atoms with E-state index in [0.717, 1.165) is 0 Å². The molecule has 0 bridgehead atoms. The van der Waals surface area contributed by atoms with Crippen LogP contribution in [0.25, 0.3) is 0 Å². The van der Waals surface area contributed by atoms with Gasteiger partial charge in [0.15, 0.2) is 0 Å². The van der Waals surface area contributed by atoms with E-state index in [2.05, 4.69) is 10.0 Å². The first-order valence-corrected chi connectivity index (χ1v) is 11.3. The van der Waals surface area contributed by atoms with E-state index in [4.69, 9.17) is 0 Å². The standard InChI is InChI=1S/C18H28N2O3S2/c1-13(2)20-25(22,23)17-11-9-15(10-12-17)19-18(21)14(3)24-16-7-5-4-6-8-16/h9-14,16,20H,4-8H2,1-3H3,(H,19,21)/t14-/m1/s1. The van der Waals surface area contributed by atoms with Crippen LogP contribution in [0.5, 0.6) is 0 Å². The van der Waals surface area contributed by atoms with Crippen molar-refractivity contribution in [3.8, 4) is 0 Å². The van der Waals surface area contributed by atoms with E-state index in [1.165, 1.54) is 44.2 Å². The maximum Gasteiger partial charge on any atom is 0.240 e. The van der Waals surface area contributed by atoms with Gasteiger partial charge in [-0.25, -0.2) is 13.1 Å². The topological polar surface area (TPSA) is 75.3 Å². The van der Waals surface area contributed by atoms with Crippen molar-refractivity contribution >= 4 is 33.4 Å². The highest BCUT2D eigenvalue weighted by molar-refractivity contribution is 8.01. The number of nitrogens with one attached hydrogen (secondary N) is 2. The molecule has 0 aromatic heterocycles. The fourth-order valence-corrected chi connectivity index (χ4v) is 5.51. The Bertz CT molecular complexity index is 666. The van der Waals surface area contributed by atoms with E-state index in [1.807, 2.05) is 6.92 Å². The van der Waals surface area contributed by atoms with Gasteiger partial charge >= 0.3 is 0 Å². The van der Waals surface area contributed by atoms with Crippen molar-refractivity contribution < 1.29 is 13.2 Å². The van der Waals surface area contributed by atoms with Crippen LogP contribution in [0.15, 0.2) is 29.2 Å². The molecule has 1 aromatic carbocycles. The lowest BCUT2D eigenvalue weighted by atomic mass is 10.0. The van der Waals surface area contributed by atoms with Gasteiger partial charge in [0.25, 0.3) is 0 Å². The van der Waals surface area contributed by atoms with Crippen molar-refractivity contribution in [3.05, 3.63) is 24.3 Å². The Balaban J connectivity index is 1.92. The van der Waals surface area contributed by atoms with Gasteiger partial charge in [0.05, 0.1) is 10.1 Å². The molecule has 1 aliphatic rings. The number of thioether (sulfide) groups is 1. The first kappa shape index (κ1) is 20.3. The van der Waals surface area contributed by atoms with Crippen molar-refractivity contribution in [2.45, 2.75) is 74.3 Å². The predicted octanol–water partition coefficient (Wildman–Crippen LogP) is 3.77. The molecular formula is C18H28N2O3S2. The van der Waals surface area contributed by atoms with Crippen LogP contribution >= 0.6 is 11.8 Å². The summed E-state index contributed by atoms with van der Waals surface area (Å²) in [4.78, 5) is 12.5. The van der Waals surface area contributed by atoms with E-state index >= 15 is 0 Å². The Morgan fingerprint density at radius 3 is 2.24 bits per heavy atom. The van der Waals surface area contributed by atoms with Crippen LogP contribution in [-0.2, 0) is 14.8 Å². The summed E-state index contributed by atoms with van der Waals surface area (Å²) >= 11 is 1.74. The molecule has 140 valence electrons. The van der Waals surface area contributed by atoms with Gasteiger partial charge in [0.1, 0.15) is 0 Å². The highest BCUT2D eigenvalue weighted by Gasteiger charge is 2.21. The van der Waals surface area contributed by atoms with Crippen LogP contribution in [0, 0.1) is 0 Å². The van der Waals surface area contributed by atoms with E-state index in [0.29, 0.717) is 10.9 Å². The molecule has 7 heteroatoms. The first-order valence-electron chi connectivity index (χ1n) is 8.86. The summed E-state index contributed by atoms with van der Waals surface area (Å²) in [5.41, 5.74) is 0.615. The van der Waals surface area contributed by atoms with Crippen LogP contribution in [-0.4, -0.2) is 30.9 Å². The molecule has 1 aromatic rings. The summed E-state index contributed by atoms with van der Waals surface area (Å²) < 4.78 is 26.7. The van der Waals surface area contributed by atoms with Crippen molar-refractivity contribution in [2.75, 3.05) is 5.32 Å². The molecule has 2 rings (SSSR count). The molecular weight excluding hydrogens is 356 g/mol. The maximum absolute atomic E-state index is 12.4. The molecule has 0 aliphatic heterocycles. The normalized spacial score (nSPS) is 17.4. The quantitative estimate of drug-likeness (QED) is 0.750. The van der Waals surface area contributed by atoms with Gasteiger partial charge in [-0.15, -0.1) is 11.8 Å². The van der Waals surface area contributed by atoms with Crippen molar-refractivity contribution in [1.82, 2.24) is 4.72 Å². The molecule has 1 atom stereocenters. The van der Waals surface area contributed by atoms with Crippen molar-refractivity contribution in [3.63, 3.8) is 0 Å². The number of amides is 1. The number of hydrogen-bond donors (Lipinski definition) is 2. The second kappa shape index (κ2) is 9.05. The molecule has 1 aliphatic carbocycles. The van der Waals surface area contributed by atoms with Crippen LogP contribution in [0.1, 0.15) is 52.9 Å². The lowest BCUT2D eigenvalue weighted by Gasteiger charge is -2.23. The minimum atomic E-state index is -3.51. The molecule has 0 spiro atoms. The zero-order valence-electron chi connectivity index (χ0n) is 15.1. The fraction of sp³-hybridized carbons (Fsp3) is 0.611. The number of anilines is 1. The van der Waals surface area contributed by atoms with Gasteiger partial charge in [0.2, 0.25) is 15.9 Å². The summed E-state index contributed by atoms with van der Waals surface area (Å²) in [7, 11) is -3.51. The zero-order valence-corrected chi connectivity index (χ0v) is 16.8. The maximum atomic E-state index is 12.4. The molecule has 1 saturated carbocycles. The molecule has 0 unspecified atom stereocenters. The average molecular weight is 385 g/mol. The highest BCUT2D eigenvalue weighted by Crippen LogP contribution is 2.31. The molecule has 0 saturated heterocycles. The Labute approximate surface area is 155 Å². The lowest BCUT2D eigenvalue weighted by Crippen LogP contribution is -2.30. The van der Waals surface area contributed by atoms with Gasteiger partial charge in [-0.3, -0.25) is 4.79 Å². The zero-order chi connectivity index (χ0) is 18.4. The van der Waals surface area contributed by atoms with E-state index in [9.17, 15) is 13.2 Å². The molecule has 0 heterocycles. The SMILES string of the molecule is CC(C)NS(=O)(=O)c1ccc(NC(=O)[C@@H](C)SC2CCCCC2)cc1. The molecule has 0 radical (unpaired) electrons. The number of carbonyl (C=O) groups is 1. The van der Waals surface area contributed by atoms with Gasteiger partial charge in [-0.2, -0.15) is 0 Å². The summed E-state index contributed by atoms with van der Waals surface area (Å²) in [6.45, 7) is 5.48. The predicted molar refractivity (Wildman–Crippen MR) is 104 cm³/mol. The van der Waals surface area contributed by atoms with Crippen LogP contribution in [0.3, 0.4) is 0 Å². The second-order valence-corrected chi connectivity index (χ2v) is 10.2. The molecule has 1 fully saturated rings. The third-order valence-electron chi connectivity index (χ3n) is 4.14. The largest absolute Gasteiger partial charge is 0.325 e. The Kier molecular flexibility index (Phi) is 7.34. The van der Waals surface area contributed by atoms with Crippen molar-refractivity contribution in [1.29, 1.82) is 0 Å². The number of benzene rings is 1. The Morgan fingerprint density at radius 1 is 1.08 bits per heavy atom. The van der Waals surface area contributed by atoms with Crippen molar-refractivity contribution in [2.24, 2.45) is 0 Å². The van der Waals surface area contributed by atoms with E-state index < -0.39 is 10.0 Å². The Morgan fingerprint density at radius 2 is 1.68 bits per heavy atom. The number of carbonyl (C=O) groups excluding carboxylic acids is 1. The lowest BCUT2D eigenvalue weighted by molar-refractivity contribution is -0.115. The molecule has 2 N–H and O–H groups in total. The van der Waals surface area contributed by atoms with Crippen LogP contribution in [0.2, 0.25) is 0 Å². The summed E-state index contributed by atoms with van der Waals surface area (Å²) in [5.74, 6) is -0.0357. The summed E-state index contributed by atoms with van der Waals surface area (Å²) in [6, 6.07) is 6.12. The minimum absolute atomic E-state index is 0.0357. The average Bonchev–Trinajstić information content (AvgIpc) is 2.55. The van der Waals surface area contributed by atoms with Gasteiger partial charge < -0.3 is 5.32 Å². The summed E-state index contributed by atoms with van der Waals surface area (Å²) in [6.07, 6.45) is 6.20. The van der Waals surface area contributed by atoms with Gasteiger partial charge in [-0.05, 0) is 57.9 Å². The number of hydrogen-bond acceptors (Lipinski definition) is 4. The smallest absolute Gasteiger partial charge is 0.240 e. The van der Waals surface area contributed by atoms with Gasteiger partial charge in [0, 0.05) is 17.0 Å². The minimum Gasteiger partial charge on any atom is -0.325 e. The van der Waals surface area contributed by atoms with E-state index in [-0.39, 0.29) is 22.1 Å². The van der Waals surface area contributed by atoms with Gasteiger partial charge in [-0.1, -0.05) is 19.3 Å². The molecule has 1 amide bonds. The Hall–Kier alpha value is -1.05. The first-order chi connectivity index (χ1) is 11.8. The third kappa shape index (κ3) is 6.31. The summed E-state index contributed by atoms with van der Waals surface area (Å²) in [5, 5.41) is 3.33. The van der Waals surface area contributed by atoms with Crippen LogP contribution in [0.4, 0.5) is 5.69 Å².